The van der Waals surface area contributed by atoms with Gasteiger partial charge in [-0.25, -0.2) is 14.8 Å². The first-order valence-corrected chi connectivity index (χ1v) is 13.0. The van der Waals surface area contributed by atoms with Crippen LogP contribution in [0.4, 0.5) is 5.82 Å². The van der Waals surface area contributed by atoms with E-state index in [1.54, 1.807) is 19.2 Å². The zero-order valence-corrected chi connectivity index (χ0v) is 22.6. The van der Waals surface area contributed by atoms with E-state index >= 15 is 0 Å². The van der Waals surface area contributed by atoms with Gasteiger partial charge < -0.3 is 28.6 Å². The molecule has 37 heavy (non-hydrogen) atoms. The van der Waals surface area contributed by atoms with E-state index in [2.05, 4.69) is 54.3 Å². The summed E-state index contributed by atoms with van der Waals surface area (Å²) in [5.74, 6) is 1.89. The van der Waals surface area contributed by atoms with Crippen molar-refractivity contribution in [2.24, 2.45) is 0 Å². The maximum atomic E-state index is 12.3. The standard InChI is InChI=1S/C28H37N5O4/c1-17-7-8-18(2)33(17)25-10-9-20(13-29-25)27-30-23-11-21(28(34)36-6)12-24(35-5)26(23)32(27)16-22-15-31(4)14-19(3)37-22/h9-13,17-19,22H,7-8,14-16H2,1-6H3/t17-,18-,19-,22-/m0/s1. The highest BCUT2D eigenvalue weighted by atomic mass is 16.5. The summed E-state index contributed by atoms with van der Waals surface area (Å²) in [6, 6.07) is 8.59. The number of methoxy groups -OCH3 is 2. The molecule has 3 aromatic rings. The SMILES string of the molecule is COC(=O)c1cc(OC)c2c(c1)nc(-c1ccc(N3[C@@H](C)CC[C@@H]3C)nc1)n2C[C@@H]1CN(C)C[C@H](C)O1. The van der Waals surface area contributed by atoms with E-state index in [0.717, 1.165) is 35.8 Å². The van der Waals surface area contributed by atoms with Gasteiger partial charge in [0.15, 0.2) is 0 Å². The van der Waals surface area contributed by atoms with E-state index in [4.69, 9.17) is 24.2 Å². The highest BCUT2D eigenvalue weighted by Crippen LogP contribution is 2.35. The zero-order chi connectivity index (χ0) is 26.3. The zero-order valence-electron chi connectivity index (χ0n) is 22.6. The molecule has 0 aliphatic carbocycles. The number of imidazole rings is 1. The van der Waals surface area contributed by atoms with Crippen LogP contribution in [-0.4, -0.2) is 84.1 Å². The number of pyridine rings is 1. The first-order chi connectivity index (χ1) is 17.8. The highest BCUT2D eigenvalue weighted by Gasteiger charge is 2.29. The fourth-order valence-corrected chi connectivity index (χ4v) is 5.92. The monoisotopic (exact) mass is 507 g/mol. The van der Waals surface area contributed by atoms with Crippen LogP contribution in [0.1, 0.15) is 44.0 Å². The van der Waals surface area contributed by atoms with E-state index < -0.39 is 5.97 Å². The number of hydrogen-bond donors (Lipinski definition) is 0. The van der Waals surface area contributed by atoms with Gasteiger partial charge in [0, 0.05) is 36.9 Å². The molecule has 2 aliphatic rings. The first kappa shape index (κ1) is 25.5. The predicted octanol–water partition coefficient (Wildman–Crippen LogP) is 3.99. The minimum Gasteiger partial charge on any atom is -0.494 e. The molecule has 198 valence electrons. The molecule has 0 bridgehead atoms. The van der Waals surface area contributed by atoms with Crippen LogP contribution in [0.15, 0.2) is 30.5 Å². The molecule has 9 heteroatoms. The van der Waals surface area contributed by atoms with E-state index in [1.165, 1.54) is 20.0 Å². The summed E-state index contributed by atoms with van der Waals surface area (Å²) in [4.78, 5) is 26.9. The van der Waals surface area contributed by atoms with Crippen LogP contribution in [-0.2, 0) is 16.0 Å². The number of fused-ring (bicyclic) bond motifs is 1. The lowest BCUT2D eigenvalue weighted by atomic mass is 10.1. The van der Waals surface area contributed by atoms with E-state index in [1.807, 2.05) is 6.20 Å². The molecule has 0 N–H and O–H groups in total. The van der Waals surface area contributed by atoms with Gasteiger partial charge in [0.1, 0.15) is 22.9 Å². The number of rotatable bonds is 6. The quantitative estimate of drug-likeness (QED) is 0.464. The average molecular weight is 508 g/mol. The molecular weight excluding hydrogens is 470 g/mol. The Morgan fingerprint density at radius 1 is 1.11 bits per heavy atom. The third-order valence-electron chi connectivity index (χ3n) is 7.57. The number of benzene rings is 1. The maximum Gasteiger partial charge on any atom is 0.338 e. The molecular formula is C28H37N5O4. The number of ether oxygens (including phenoxy) is 3. The summed E-state index contributed by atoms with van der Waals surface area (Å²) in [5, 5.41) is 0. The van der Waals surface area contributed by atoms with Crippen LogP contribution >= 0.6 is 0 Å². The van der Waals surface area contributed by atoms with Gasteiger partial charge >= 0.3 is 5.97 Å². The molecule has 0 amide bonds. The number of anilines is 1. The van der Waals surface area contributed by atoms with E-state index in [9.17, 15) is 4.79 Å². The van der Waals surface area contributed by atoms with Crippen LogP contribution < -0.4 is 9.64 Å². The Morgan fingerprint density at radius 3 is 2.49 bits per heavy atom. The molecule has 9 nitrogen and oxygen atoms in total. The Hall–Kier alpha value is -3.17. The second-order valence-electron chi connectivity index (χ2n) is 10.5. The average Bonchev–Trinajstić information content (AvgIpc) is 3.41. The summed E-state index contributed by atoms with van der Waals surface area (Å²) < 4.78 is 19.2. The number of esters is 1. The van der Waals surface area contributed by atoms with E-state index in [-0.39, 0.29) is 12.2 Å². The lowest BCUT2D eigenvalue weighted by Gasteiger charge is -2.35. The largest absolute Gasteiger partial charge is 0.494 e. The topological polar surface area (TPSA) is 82.0 Å². The highest BCUT2D eigenvalue weighted by molar-refractivity contribution is 5.97. The molecule has 1 aromatic carbocycles. The Kier molecular flexibility index (Phi) is 7.09. The van der Waals surface area contributed by atoms with Crippen molar-refractivity contribution in [1.29, 1.82) is 0 Å². The van der Waals surface area contributed by atoms with Crippen LogP contribution in [0.3, 0.4) is 0 Å². The molecule has 2 aliphatic heterocycles. The summed E-state index contributed by atoms with van der Waals surface area (Å²) in [5.41, 5.74) is 2.78. The number of hydrogen-bond acceptors (Lipinski definition) is 8. The smallest absolute Gasteiger partial charge is 0.338 e. The maximum absolute atomic E-state index is 12.3. The molecule has 0 radical (unpaired) electrons. The molecule has 0 unspecified atom stereocenters. The van der Waals surface area contributed by atoms with Gasteiger partial charge in [-0.05, 0) is 64.9 Å². The van der Waals surface area contributed by atoms with Crippen molar-refractivity contribution in [2.75, 3.05) is 39.3 Å². The van der Waals surface area contributed by atoms with Crippen LogP contribution in [0, 0.1) is 0 Å². The van der Waals surface area contributed by atoms with Crippen molar-refractivity contribution in [2.45, 2.75) is 64.4 Å². The van der Waals surface area contributed by atoms with Crippen molar-refractivity contribution in [3.8, 4) is 17.1 Å². The summed E-state index contributed by atoms with van der Waals surface area (Å²) >= 11 is 0. The fraction of sp³-hybridized carbons (Fsp3) is 0.536. The van der Waals surface area contributed by atoms with Gasteiger partial charge in [-0.1, -0.05) is 0 Å². The minimum absolute atomic E-state index is 0.0200. The summed E-state index contributed by atoms with van der Waals surface area (Å²) in [6.07, 6.45) is 4.37. The minimum atomic E-state index is -0.428. The Morgan fingerprint density at radius 2 is 1.86 bits per heavy atom. The molecule has 4 atom stereocenters. The lowest BCUT2D eigenvalue weighted by Crippen LogP contribution is -2.46. The van der Waals surface area contributed by atoms with Crippen molar-refractivity contribution in [3.05, 3.63) is 36.0 Å². The van der Waals surface area contributed by atoms with Crippen LogP contribution in [0.2, 0.25) is 0 Å². The molecule has 2 saturated heterocycles. The van der Waals surface area contributed by atoms with Gasteiger partial charge in [-0.3, -0.25) is 0 Å². The van der Waals surface area contributed by atoms with Crippen LogP contribution in [0.25, 0.3) is 22.4 Å². The van der Waals surface area contributed by atoms with Gasteiger partial charge in [-0.2, -0.15) is 0 Å². The number of carbonyl (C=O) groups excluding carboxylic acids is 1. The van der Waals surface area contributed by atoms with Crippen LogP contribution in [0.5, 0.6) is 5.75 Å². The molecule has 2 fully saturated rings. The normalized spacial score (nSPS) is 24.5. The van der Waals surface area contributed by atoms with Gasteiger partial charge in [0.05, 0.1) is 44.1 Å². The lowest BCUT2D eigenvalue weighted by molar-refractivity contribution is -0.0752. The first-order valence-electron chi connectivity index (χ1n) is 13.0. The van der Waals surface area contributed by atoms with Crippen molar-refractivity contribution >= 4 is 22.8 Å². The van der Waals surface area contributed by atoms with Gasteiger partial charge in [0.2, 0.25) is 0 Å². The fourth-order valence-electron chi connectivity index (χ4n) is 5.92. The molecule has 5 rings (SSSR count). The number of likely N-dealkylation sites (N-methyl/N-ethyl adjacent to an activating group) is 1. The number of carbonyl (C=O) groups is 1. The Labute approximate surface area is 218 Å². The third kappa shape index (κ3) is 4.90. The molecule has 2 aromatic heterocycles. The molecule has 0 spiro atoms. The summed E-state index contributed by atoms with van der Waals surface area (Å²) in [7, 11) is 5.09. The van der Waals surface area contributed by atoms with Crippen molar-refractivity contribution < 1.29 is 19.0 Å². The van der Waals surface area contributed by atoms with E-state index in [0.29, 0.717) is 35.5 Å². The molecule has 0 saturated carbocycles. The number of morpholine rings is 1. The number of aromatic nitrogens is 3. The number of nitrogens with zero attached hydrogens (tertiary/aromatic N) is 5. The second kappa shape index (κ2) is 10.3. The predicted molar refractivity (Wildman–Crippen MR) is 143 cm³/mol. The van der Waals surface area contributed by atoms with Gasteiger partial charge in [0.25, 0.3) is 0 Å². The molecule has 4 heterocycles. The van der Waals surface area contributed by atoms with Crippen molar-refractivity contribution in [1.82, 2.24) is 19.4 Å². The van der Waals surface area contributed by atoms with Gasteiger partial charge in [-0.15, -0.1) is 0 Å². The van der Waals surface area contributed by atoms with Crippen molar-refractivity contribution in [3.63, 3.8) is 0 Å². The summed E-state index contributed by atoms with van der Waals surface area (Å²) in [6.45, 7) is 8.92. The Bertz CT molecular complexity index is 1250. The second-order valence-corrected chi connectivity index (χ2v) is 10.5. The third-order valence-corrected chi connectivity index (χ3v) is 7.57. The Balaban J connectivity index is 1.60.